The van der Waals surface area contributed by atoms with Crippen LogP contribution >= 0.6 is 0 Å². The average molecular weight is 179 g/mol. The van der Waals surface area contributed by atoms with E-state index in [0.29, 0.717) is 5.46 Å². The van der Waals surface area contributed by atoms with E-state index in [9.17, 15) is 0 Å². The molecule has 0 saturated carbocycles. The molecule has 0 fully saturated rings. The monoisotopic (exact) mass is 179 g/mol. The Morgan fingerprint density at radius 2 is 1.92 bits per heavy atom. The summed E-state index contributed by atoms with van der Waals surface area (Å²) in [4.78, 5) is 4.49. The van der Waals surface area contributed by atoms with Gasteiger partial charge in [-0.1, -0.05) is 29.4 Å². The van der Waals surface area contributed by atoms with Gasteiger partial charge in [0.2, 0.25) is 0 Å². The van der Waals surface area contributed by atoms with Crippen LogP contribution in [-0.2, 0) is 4.84 Å². The normalized spacial score (nSPS) is 10.4. The predicted octanol–water partition coefficient (Wildman–Crippen LogP) is -0.653. The molecule has 13 heavy (non-hydrogen) atoms. The molecule has 0 aliphatic carbocycles. The van der Waals surface area contributed by atoms with Crippen LogP contribution in [0.15, 0.2) is 29.4 Å². The summed E-state index contributed by atoms with van der Waals surface area (Å²) < 4.78 is 0. The second-order valence-corrected chi connectivity index (χ2v) is 2.46. The Morgan fingerprint density at radius 3 is 2.38 bits per heavy atom. The first kappa shape index (κ1) is 9.76. The van der Waals surface area contributed by atoms with E-state index in [1.807, 2.05) is 0 Å². The quantitative estimate of drug-likeness (QED) is 0.368. The second kappa shape index (κ2) is 4.64. The van der Waals surface area contributed by atoms with E-state index in [0.717, 1.165) is 5.56 Å². The lowest BCUT2D eigenvalue weighted by Gasteiger charge is -1.98. The first-order valence-electron chi connectivity index (χ1n) is 3.76. The fourth-order valence-electron chi connectivity index (χ4n) is 0.868. The fraction of sp³-hybridized carbons (Fsp3) is 0.125. The maximum absolute atomic E-state index is 8.79. The highest BCUT2D eigenvalue weighted by Gasteiger charge is 2.08. The molecule has 0 aliphatic rings. The fourth-order valence-corrected chi connectivity index (χ4v) is 0.868. The van der Waals surface area contributed by atoms with Gasteiger partial charge in [-0.05, 0) is 11.0 Å². The molecular weight excluding hydrogens is 169 g/mol. The largest absolute Gasteiger partial charge is 0.488 e. The Morgan fingerprint density at radius 1 is 1.31 bits per heavy atom. The minimum Gasteiger partial charge on any atom is -0.423 e. The van der Waals surface area contributed by atoms with Crippen LogP contribution in [0.3, 0.4) is 0 Å². The lowest BCUT2D eigenvalue weighted by molar-refractivity contribution is 0.215. The van der Waals surface area contributed by atoms with Crippen molar-refractivity contribution in [2.45, 2.75) is 0 Å². The van der Waals surface area contributed by atoms with E-state index in [1.54, 1.807) is 24.3 Å². The molecule has 5 heteroatoms. The van der Waals surface area contributed by atoms with Gasteiger partial charge >= 0.3 is 7.12 Å². The Hall–Kier alpha value is -1.33. The minimum atomic E-state index is -1.42. The summed E-state index contributed by atoms with van der Waals surface area (Å²) >= 11 is 0. The number of nitrogens with zero attached hydrogens (tertiary/aromatic N) is 1. The van der Waals surface area contributed by atoms with E-state index in [2.05, 4.69) is 9.99 Å². The molecule has 2 N–H and O–H groups in total. The van der Waals surface area contributed by atoms with Crippen LogP contribution in [0, 0.1) is 0 Å². The highest BCUT2D eigenvalue weighted by Crippen LogP contribution is 1.93. The molecule has 4 nitrogen and oxygen atoms in total. The summed E-state index contributed by atoms with van der Waals surface area (Å²) in [6.07, 6.45) is 1.54. The van der Waals surface area contributed by atoms with Gasteiger partial charge in [-0.3, -0.25) is 0 Å². The smallest absolute Gasteiger partial charge is 0.423 e. The number of rotatable bonds is 3. The van der Waals surface area contributed by atoms with Gasteiger partial charge in [-0.2, -0.15) is 0 Å². The molecular formula is C8H10BNO3. The molecule has 0 radical (unpaired) electrons. The maximum atomic E-state index is 8.79. The third-order valence-electron chi connectivity index (χ3n) is 1.54. The third-order valence-corrected chi connectivity index (χ3v) is 1.54. The number of benzene rings is 1. The first-order chi connectivity index (χ1) is 6.24. The Balaban J connectivity index is 2.75. The number of hydrogen-bond acceptors (Lipinski definition) is 4. The molecule has 0 aromatic heterocycles. The summed E-state index contributed by atoms with van der Waals surface area (Å²) in [6.45, 7) is 0. The Labute approximate surface area is 76.6 Å². The summed E-state index contributed by atoms with van der Waals surface area (Å²) in [6, 6.07) is 6.66. The third kappa shape index (κ3) is 2.89. The molecule has 0 aliphatic heterocycles. The zero-order valence-corrected chi connectivity index (χ0v) is 7.21. The second-order valence-electron chi connectivity index (χ2n) is 2.46. The van der Waals surface area contributed by atoms with Crippen molar-refractivity contribution in [1.29, 1.82) is 0 Å². The van der Waals surface area contributed by atoms with Crippen molar-refractivity contribution >= 4 is 18.8 Å². The zero-order valence-electron chi connectivity index (χ0n) is 7.21. The van der Waals surface area contributed by atoms with Crippen molar-refractivity contribution in [2.24, 2.45) is 5.16 Å². The highest BCUT2D eigenvalue weighted by atomic mass is 16.6. The summed E-state index contributed by atoms with van der Waals surface area (Å²) in [5, 5.41) is 21.1. The molecule has 0 heterocycles. The molecule has 68 valence electrons. The van der Waals surface area contributed by atoms with Crippen LogP contribution in [0.5, 0.6) is 0 Å². The Kier molecular flexibility index (Phi) is 3.48. The van der Waals surface area contributed by atoms with Crippen molar-refractivity contribution in [1.82, 2.24) is 0 Å². The lowest BCUT2D eigenvalue weighted by Crippen LogP contribution is -2.29. The van der Waals surface area contributed by atoms with Gasteiger partial charge in [0, 0.05) is 0 Å². The predicted molar refractivity (Wildman–Crippen MR) is 50.9 cm³/mol. The molecule has 0 amide bonds. The van der Waals surface area contributed by atoms with Gasteiger partial charge in [0.15, 0.2) is 0 Å². The van der Waals surface area contributed by atoms with Crippen LogP contribution < -0.4 is 5.46 Å². The van der Waals surface area contributed by atoms with Crippen LogP contribution in [0.25, 0.3) is 0 Å². The van der Waals surface area contributed by atoms with Crippen LogP contribution in [0.1, 0.15) is 5.56 Å². The molecule has 1 rings (SSSR count). The van der Waals surface area contributed by atoms with E-state index >= 15 is 0 Å². The maximum Gasteiger partial charge on any atom is 0.488 e. The molecule has 0 unspecified atom stereocenters. The van der Waals surface area contributed by atoms with Crippen LogP contribution in [-0.4, -0.2) is 30.5 Å². The van der Waals surface area contributed by atoms with Crippen molar-refractivity contribution in [3.05, 3.63) is 29.8 Å². The van der Waals surface area contributed by atoms with Gasteiger partial charge in [0.1, 0.15) is 7.11 Å². The Bertz CT molecular complexity index is 284. The molecule has 1 aromatic rings. The lowest BCUT2D eigenvalue weighted by atomic mass is 9.80. The summed E-state index contributed by atoms with van der Waals surface area (Å²) in [5.74, 6) is 0. The molecule has 1 aromatic carbocycles. The van der Waals surface area contributed by atoms with Gasteiger partial charge in [-0.25, -0.2) is 0 Å². The summed E-state index contributed by atoms with van der Waals surface area (Å²) in [7, 11) is 0.0379. The average Bonchev–Trinajstić information content (AvgIpc) is 2.15. The van der Waals surface area contributed by atoms with Crippen LogP contribution in [0.4, 0.5) is 0 Å². The van der Waals surface area contributed by atoms with Crippen molar-refractivity contribution in [3.8, 4) is 0 Å². The summed E-state index contributed by atoms with van der Waals surface area (Å²) in [5.41, 5.74) is 1.29. The molecule has 0 bridgehead atoms. The van der Waals surface area contributed by atoms with Crippen molar-refractivity contribution in [2.75, 3.05) is 7.11 Å². The van der Waals surface area contributed by atoms with E-state index in [4.69, 9.17) is 10.0 Å². The minimum absolute atomic E-state index is 0.453. The highest BCUT2D eigenvalue weighted by molar-refractivity contribution is 6.58. The van der Waals surface area contributed by atoms with E-state index in [-0.39, 0.29) is 0 Å². The number of oxime groups is 1. The van der Waals surface area contributed by atoms with Crippen molar-refractivity contribution < 1.29 is 14.9 Å². The molecule has 0 saturated heterocycles. The number of hydrogen-bond donors (Lipinski definition) is 2. The van der Waals surface area contributed by atoms with Crippen LogP contribution in [0.2, 0.25) is 0 Å². The van der Waals surface area contributed by atoms with Gasteiger partial charge in [-0.15, -0.1) is 0 Å². The van der Waals surface area contributed by atoms with Gasteiger partial charge in [0.25, 0.3) is 0 Å². The van der Waals surface area contributed by atoms with Gasteiger partial charge < -0.3 is 14.9 Å². The van der Waals surface area contributed by atoms with E-state index < -0.39 is 7.12 Å². The molecule has 0 spiro atoms. The van der Waals surface area contributed by atoms with Gasteiger partial charge in [0.05, 0.1) is 6.21 Å². The standard InChI is InChI=1S/C8H10BNO3/c1-13-10-6-7-2-4-8(5-3-7)9(11)12/h2-6,11-12H,1H3/b10-6-. The molecule has 0 atom stereocenters. The topological polar surface area (TPSA) is 62.0 Å². The zero-order chi connectivity index (χ0) is 9.68. The van der Waals surface area contributed by atoms with E-state index in [1.165, 1.54) is 13.3 Å². The van der Waals surface area contributed by atoms with Crippen molar-refractivity contribution in [3.63, 3.8) is 0 Å². The SMILES string of the molecule is CO/N=C\c1ccc(B(O)O)cc1. The first-order valence-corrected chi connectivity index (χ1v) is 3.76.